The monoisotopic (exact) mass is 376 g/mol. The first-order valence-electron chi connectivity index (χ1n) is 6.20. The van der Waals surface area contributed by atoms with Crippen LogP contribution >= 0.6 is 39.1 Å². The molecule has 0 aliphatic heterocycles. The Hall–Kier alpha value is -0.620. The fourth-order valence-corrected chi connectivity index (χ4v) is 3.34. The number of halogens is 3. The number of pyridine rings is 1. The highest BCUT2D eigenvalue weighted by atomic mass is 79.9. The van der Waals surface area contributed by atoms with E-state index in [1.807, 2.05) is 11.7 Å². The Morgan fingerprint density at radius 3 is 2.70 bits per heavy atom. The molecule has 0 aliphatic rings. The minimum absolute atomic E-state index is 0.309. The van der Waals surface area contributed by atoms with Crippen LogP contribution in [0.5, 0.6) is 0 Å². The van der Waals surface area contributed by atoms with Crippen LogP contribution in [0.4, 0.5) is 0 Å². The zero-order chi connectivity index (χ0) is 14.9. The lowest BCUT2D eigenvalue weighted by Gasteiger charge is -2.13. The molecule has 1 atom stereocenters. The van der Waals surface area contributed by atoms with Crippen LogP contribution in [-0.4, -0.2) is 14.8 Å². The molecule has 0 amide bonds. The van der Waals surface area contributed by atoms with Crippen LogP contribution in [0.1, 0.15) is 30.0 Å². The molecule has 2 N–H and O–H groups in total. The second-order valence-corrected chi connectivity index (χ2v) is 6.15. The molecule has 2 heterocycles. The van der Waals surface area contributed by atoms with E-state index in [1.54, 1.807) is 12.3 Å². The number of rotatable bonds is 4. The molecule has 20 heavy (non-hydrogen) atoms. The molecule has 0 saturated carbocycles. The second kappa shape index (κ2) is 6.43. The Balaban J connectivity index is 2.27. The normalized spacial score (nSPS) is 12.7. The zero-order valence-electron chi connectivity index (χ0n) is 11.2. The molecule has 0 radical (unpaired) electrons. The molecule has 0 saturated heterocycles. The summed E-state index contributed by atoms with van der Waals surface area (Å²) >= 11 is 15.6. The van der Waals surface area contributed by atoms with E-state index in [9.17, 15) is 0 Å². The first-order chi connectivity index (χ1) is 9.43. The lowest BCUT2D eigenvalue weighted by molar-refractivity contribution is 0.626. The minimum Gasteiger partial charge on any atom is -0.322 e. The third-order valence-electron chi connectivity index (χ3n) is 3.10. The average molecular weight is 378 g/mol. The molecule has 1 unspecified atom stereocenters. The maximum absolute atomic E-state index is 6.21. The summed E-state index contributed by atoms with van der Waals surface area (Å²) in [7, 11) is 1.91. The minimum atomic E-state index is -0.309. The Morgan fingerprint density at radius 1 is 1.45 bits per heavy atom. The summed E-state index contributed by atoms with van der Waals surface area (Å²) in [6.07, 6.45) is 3.01. The molecule has 108 valence electrons. The predicted molar refractivity (Wildman–Crippen MR) is 85.2 cm³/mol. The Labute approximate surface area is 136 Å². The predicted octanol–water partition coefficient (Wildman–Crippen LogP) is 3.69. The quantitative estimate of drug-likeness (QED) is 0.883. The summed E-state index contributed by atoms with van der Waals surface area (Å²) in [5, 5.41) is 5.44. The molecule has 7 heteroatoms. The molecule has 0 aliphatic carbocycles. The molecular weight excluding hydrogens is 363 g/mol. The fraction of sp³-hybridized carbons (Fsp3) is 0.385. The summed E-state index contributed by atoms with van der Waals surface area (Å²) in [4.78, 5) is 4.23. The van der Waals surface area contributed by atoms with E-state index in [-0.39, 0.29) is 6.04 Å². The Morgan fingerprint density at radius 2 is 2.15 bits per heavy atom. The topological polar surface area (TPSA) is 56.7 Å². The molecule has 2 aromatic heterocycles. The third-order valence-corrected chi connectivity index (χ3v) is 4.53. The van der Waals surface area contributed by atoms with Crippen LogP contribution < -0.4 is 5.73 Å². The van der Waals surface area contributed by atoms with Gasteiger partial charge in [0.2, 0.25) is 0 Å². The highest BCUT2D eigenvalue weighted by Crippen LogP contribution is 2.28. The number of nitrogens with two attached hydrogens (primary N) is 1. The average Bonchev–Trinajstić information content (AvgIpc) is 2.66. The van der Waals surface area contributed by atoms with Crippen molar-refractivity contribution in [3.63, 3.8) is 0 Å². The van der Waals surface area contributed by atoms with Crippen molar-refractivity contribution in [1.29, 1.82) is 0 Å². The van der Waals surface area contributed by atoms with Crippen molar-refractivity contribution in [2.75, 3.05) is 0 Å². The number of nitrogens with zero attached hydrogens (tertiary/aromatic N) is 3. The number of aryl methyl sites for hydroxylation is 2. The van der Waals surface area contributed by atoms with E-state index < -0.39 is 0 Å². The Kier molecular flexibility index (Phi) is 5.07. The van der Waals surface area contributed by atoms with Gasteiger partial charge in [-0.15, -0.1) is 0 Å². The highest BCUT2D eigenvalue weighted by molar-refractivity contribution is 9.10. The van der Waals surface area contributed by atoms with Crippen LogP contribution in [0.2, 0.25) is 10.0 Å². The van der Waals surface area contributed by atoms with Crippen molar-refractivity contribution in [2.24, 2.45) is 12.8 Å². The van der Waals surface area contributed by atoms with Gasteiger partial charge in [0.05, 0.1) is 37.6 Å². The van der Waals surface area contributed by atoms with Gasteiger partial charge in [0.1, 0.15) is 0 Å². The second-order valence-electron chi connectivity index (χ2n) is 4.52. The highest BCUT2D eigenvalue weighted by Gasteiger charge is 2.19. The Bertz CT molecular complexity index is 627. The van der Waals surface area contributed by atoms with Gasteiger partial charge >= 0.3 is 0 Å². The molecule has 0 aromatic carbocycles. The smallest absolute Gasteiger partial charge is 0.0766 e. The van der Waals surface area contributed by atoms with E-state index in [2.05, 4.69) is 32.9 Å². The summed E-state index contributed by atoms with van der Waals surface area (Å²) in [6, 6.07) is 1.34. The van der Waals surface area contributed by atoms with Gasteiger partial charge in [-0.25, -0.2) is 0 Å². The van der Waals surface area contributed by atoms with E-state index in [4.69, 9.17) is 28.9 Å². The lowest BCUT2D eigenvalue weighted by Crippen LogP contribution is -2.17. The van der Waals surface area contributed by atoms with E-state index in [0.717, 1.165) is 22.3 Å². The summed E-state index contributed by atoms with van der Waals surface area (Å²) < 4.78 is 2.84. The third kappa shape index (κ3) is 3.17. The summed E-state index contributed by atoms with van der Waals surface area (Å²) in [5.74, 6) is 0. The lowest BCUT2D eigenvalue weighted by atomic mass is 10.1. The first-order valence-corrected chi connectivity index (χ1v) is 7.75. The number of hydrogen-bond donors (Lipinski definition) is 1. The van der Waals surface area contributed by atoms with Crippen LogP contribution in [0, 0.1) is 0 Å². The largest absolute Gasteiger partial charge is 0.322 e. The van der Waals surface area contributed by atoms with Crippen molar-refractivity contribution < 1.29 is 0 Å². The molecule has 2 rings (SSSR count). The van der Waals surface area contributed by atoms with Crippen molar-refractivity contribution in [3.05, 3.63) is 43.9 Å². The molecular formula is C13H15BrCl2N4. The van der Waals surface area contributed by atoms with Crippen molar-refractivity contribution in [2.45, 2.75) is 25.8 Å². The van der Waals surface area contributed by atoms with E-state index in [1.165, 1.54) is 0 Å². The SMILES string of the molecule is CCc1nn(C)c(CC(N)c2ncc(Cl)cc2Cl)c1Br. The molecule has 4 nitrogen and oxygen atoms in total. The number of hydrogen-bond acceptors (Lipinski definition) is 3. The van der Waals surface area contributed by atoms with Gasteiger partial charge in [0.25, 0.3) is 0 Å². The van der Waals surface area contributed by atoms with Crippen LogP contribution in [-0.2, 0) is 19.9 Å². The molecule has 0 spiro atoms. The van der Waals surface area contributed by atoms with Gasteiger partial charge in [-0.2, -0.15) is 5.10 Å². The van der Waals surface area contributed by atoms with E-state index in [0.29, 0.717) is 22.2 Å². The fourth-order valence-electron chi connectivity index (χ4n) is 2.04. The van der Waals surface area contributed by atoms with Gasteiger partial charge in [-0.05, 0) is 28.4 Å². The van der Waals surface area contributed by atoms with Gasteiger partial charge in [0, 0.05) is 19.7 Å². The van der Waals surface area contributed by atoms with Gasteiger partial charge in [-0.3, -0.25) is 9.67 Å². The number of aromatic nitrogens is 3. The van der Waals surface area contributed by atoms with Gasteiger partial charge in [-0.1, -0.05) is 30.1 Å². The standard InChI is InChI=1S/C13H15BrCl2N4/c1-3-10-12(14)11(20(2)19-10)5-9(17)13-8(16)4-7(15)6-18-13/h4,6,9H,3,5,17H2,1-2H3. The van der Waals surface area contributed by atoms with Gasteiger partial charge < -0.3 is 5.73 Å². The van der Waals surface area contributed by atoms with E-state index >= 15 is 0 Å². The molecule has 2 aromatic rings. The summed E-state index contributed by atoms with van der Waals surface area (Å²) in [5.41, 5.74) is 8.90. The van der Waals surface area contributed by atoms with Crippen molar-refractivity contribution in [3.8, 4) is 0 Å². The van der Waals surface area contributed by atoms with Gasteiger partial charge in [0.15, 0.2) is 0 Å². The maximum atomic E-state index is 6.21. The maximum Gasteiger partial charge on any atom is 0.0766 e. The van der Waals surface area contributed by atoms with Crippen LogP contribution in [0.3, 0.4) is 0 Å². The van der Waals surface area contributed by atoms with Crippen molar-refractivity contribution >= 4 is 39.1 Å². The first kappa shape index (κ1) is 15.8. The molecule has 0 bridgehead atoms. The van der Waals surface area contributed by atoms with Crippen molar-refractivity contribution in [1.82, 2.24) is 14.8 Å². The molecule has 0 fully saturated rings. The summed E-state index contributed by atoms with van der Waals surface area (Å²) in [6.45, 7) is 2.06. The van der Waals surface area contributed by atoms with Crippen LogP contribution in [0.15, 0.2) is 16.7 Å². The zero-order valence-corrected chi connectivity index (χ0v) is 14.3. The van der Waals surface area contributed by atoms with Crippen LogP contribution in [0.25, 0.3) is 0 Å².